The van der Waals surface area contributed by atoms with Crippen LogP contribution < -0.4 is 4.90 Å². The summed E-state index contributed by atoms with van der Waals surface area (Å²) in [5.41, 5.74) is 2.49. The lowest BCUT2D eigenvalue weighted by Crippen LogP contribution is -2.46. The van der Waals surface area contributed by atoms with Crippen molar-refractivity contribution >= 4 is 5.69 Å². The fraction of sp³-hybridized carbons (Fsp3) is 0.650. The Balaban J connectivity index is 1.69. The molecule has 2 fully saturated rings. The molecule has 0 radical (unpaired) electrons. The Hall–Kier alpha value is -1.99. The summed E-state index contributed by atoms with van der Waals surface area (Å²) >= 11 is 0. The molecule has 146 valence electrons. The fourth-order valence-corrected chi connectivity index (χ4v) is 4.35. The normalized spacial score (nSPS) is 20.9. The highest BCUT2D eigenvalue weighted by Crippen LogP contribution is 2.34. The molecule has 0 bridgehead atoms. The van der Waals surface area contributed by atoms with E-state index in [4.69, 9.17) is 0 Å². The summed E-state index contributed by atoms with van der Waals surface area (Å²) in [6, 6.07) is 9.44. The summed E-state index contributed by atoms with van der Waals surface area (Å²) in [6.45, 7) is 4.23. The van der Waals surface area contributed by atoms with Crippen molar-refractivity contribution in [3.63, 3.8) is 0 Å². The highest BCUT2D eigenvalue weighted by atomic mass is 15.6. The van der Waals surface area contributed by atoms with Crippen molar-refractivity contribution in [2.24, 2.45) is 0 Å². The van der Waals surface area contributed by atoms with Crippen LogP contribution in [0.3, 0.4) is 0 Å². The molecule has 7 heteroatoms. The number of hydrogen-bond donors (Lipinski definition) is 0. The van der Waals surface area contributed by atoms with Gasteiger partial charge in [-0.25, -0.2) is 4.68 Å². The lowest BCUT2D eigenvalue weighted by Gasteiger charge is -2.37. The molecule has 1 saturated heterocycles. The minimum atomic E-state index is 0.116. The van der Waals surface area contributed by atoms with Crippen molar-refractivity contribution in [3.8, 4) is 0 Å². The van der Waals surface area contributed by atoms with E-state index >= 15 is 0 Å². The first-order chi connectivity index (χ1) is 13.1. The predicted octanol–water partition coefficient (Wildman–Crippen LogP) is 2.19. The number of benzene rings is 1. The molecule has 1 aromatic carbocycles. The summed E-state index contributed by atoms with van der Waals surface area (Å²) < 4.78 is 2.12. The Morgan fingerprint density at radius 1 is 1.00 bits per heavy atom. The van der Waals surface area contributed by atoms with Crippen molar-refractivity contribution in [2.75, 3.05) is 52.2 Å². The van der Waals surface area contributed by atoms with Gasteiger partial charge in [0.25, 0.3) is 0 Å². The minimum absolute atomic E-state index is 0.116. The molecule has 27 heavy (non-hydrogen) atoms. The van der Waals surface area contributed by atoms with Crippen LogP contribution >= 0.6 is 0 Å². The van der Waals surface area contributed by atoms with Gasteiger partial charge in [0.05, 0.1) is 12.1 Å². The first kappa shape index (κ1) is 18.4. The van der Waals surface area contributed by atoms with Gasteiger partial charge in [0.1, 0.15) is 0 Å². The fourth-order valence-electron chi connectivity index (χ4n) is 4.35. The molecule has 0 N–H and O–H groups in total. The number of tetrazole rings is 1. The molecule has 0 spiro atoms. The van der Waals surface area contributed by atoms with Crippen LogP contribution in [0.2, 0.25) is 0 Å². The van der Waals surface area contributed by atoms with Crippen LogP contribution in [0.5, 0.6) is 0 Å². The molecule has 1 aliphatic carbocycles. The Morgan fingerprint density at radius 3 is 2.30 bits per heavy atom. The van der Waals surface area contributed by atoms with E-state index in [0.29, 0.717) is 6.04 Å². The summed E-state index contributed by atoms with van der Waals surface area (Å²) in [6.07, 6.45) is 4.93. The lowest BCUT2D eigenvalue weighted by molar-refractivity contribution is 0.120. The van der Waals surface area contributed by atoms with Crippen LogP contribution in [0, 0.1) is 0 Å². The van der Waals surface area contributed by atoms with Gasteiger partial charge in [-0.2, -0.15) is 0 Å². The maximum atomic E-state index is 4.53. The molecule has 1 saturated carbocycles. The van der Waals surface area contributed by atoms with Crippen molar-refractivity contribution in [1.29, 1.82) is 0 Å². The van der Waals surface area contributed by atoms with Gasteiger partial charge >= 0.3 is 0 Å². The van der Waals surface area contributed by atoms with Gasteiger partial charge in [0.2, 0.25) is 0 Å². The Bertz CT molecular complexity index is 725. The monoisotopic (exact) mass is 369 g/mol. The minimum Gasteiger partial charge on any atom is -0.378 e. The van der Waals surface area contributed by atoms with Crippen LogP contribution in [0.4, 0.5) is 5.69 Å². The van der Waals surface area contributed by atoms with E-state index < -0.39 is 0 Å². The summed E-state index contributed by atoms with van der Waals surface area (Å²) in [5.74, 6) is 1.00. The third-order valence-electron chi connectivity index (χ3n) is 6.06. The predicted molar refractivity (Wildman–Crippen MR) is 107 cm³/mol. The van der Waals surface area contributed by atoms with E-state index in [2.05, 4.69) is 80.3 Å². The van der Waals surface area contributed by atoms with Gasteiger partial charge in [0, 0.05) is 46.0 Å². The number of aromatic nitrogens is 4. The molecule has 1 aliphatic heterocycles. The second kappa shape index (κ2) is 7.94. The van der Waals surface area contributed by atoms with E-state index in [-0.39, 0.29) is 6.04 Å². The Labute approximate surface area is 161 Å². The first-order valence-electron chi connectivity index (χ1n) is 10.1. The third-order valence-corrected chi connectivity index (χ3v) is 6.06. The molecule has 2 aromatic rings. The van der Waals surface area contributed by atoms with E-state index in [0.717, 1.165) is 32.0 Å². The summed E-state index contributed by atoms with van der Waals surface area (Å²) in [5, 5.41) is 13.0. The van der Waals surface area contributed by atoms with Crippen molar-refractivity contribution in [3.05, 3.63) is 35.7 Å². The SMILES string of the molecule is CN1CCN(C(c2ccc(N(C)C)cc2)c2nnnn2C2CCCC2)CC1. The molecule has 1 unspecified atom stereocenters. The van der Waals surface area contributed by atoms with E-state index in [1.54, 1.807) is 0 Å². The van der Waals surface area contributed by atoms with Crippen LogP contribution in [0.15, 0.2) is 24.3 Å². The first-order valence-corrected chi connectivity index (χ1v) is 10.1. The van der Waals surface area contributed by atoms with Crippen molar-refractivity contribution in [2.45, 2.75) is 37.8 Å². The topological polar surface area (TPSA) is 53.3 Å². The highest BCUT2D eigenvalue weighted by molar-refractivity contribution is 5.47. The van der Waals surface area contributed by atoms with Gasteiger partial charge in [0.15, 0.2) is 5.82 Å². The summed E-state index contributed by atoms with van der Waals surface area (Å²) in [4.78, 5) is 7.07. The van der Waals surface area contributed by atoms with Crippen molar-refractivity contribution in [1.82, 2.24) is 30.0 Å². The van der Waals surface area contributed by atoms with E-state index in [9.17, 15) is 0 Å². The third kappa shape index (κ3) is 3.84. The molecule has 1 atom stereocenters. The molecule has 0 amide bonds. The Kier molecular flexibility index (Phi) is 5.41. The number of rotatable bonds is 5. The lowest BCUT2D eigenvalue weighted by atomic mass is 10.0. The van der Waals surface area contributed by atoms with Gasteiger partial charge in [-0.3, -0.25) is 4.90 Å². The quantitative estimate of drug-likeness (QED) is 0.805. The molecule has 7 nitrogen and oxygen atoms in total. The second-order valence-corrected chi connectivity index (χ2v) is 8.15. The highest BCUT2D eigenvalue weighted by Gasteiger charge is 2.32. The zero-order valence-electron chi connectivity index (χ0n) is 16.8. The van der Waals surface area contributed by atoms with Crippen LogP contribution in [-0.4, -0.2) is 77.3 Å². The van der Waals surface area contributed by atoms with Gasteiger partial charge in [-0.05, 0) is 48.0 Å². The van der Waals surface area contributed by atoms with Crippen LogP contribution in [0.1, 0.15) is 49.2 Å². The van der Waals surface area contributed by atoms with Gasteiger partial charge < -0.3 is 9.80 Å². The maximum absolute atomic E-state index is 4.53. The molecule has 2 heterocycles. The molecular formula is C20H31N7. The average Bonchev–Trinajstić information content (AvgIpc) is 3.35. The molecule has 2 aliphatic rings. The Morgan fingerprint density at radius 2 is 1.67 bits per heavy atom. The zero-order chi connectivity index (χ0) is 18.8. The van der Waals surface area contributed by atoms with E-state index in [1.165, 1.54) is 36.9 Å². The number of anilines is 1. The molecule has 1 aromatic heterocycles. The van der Waals surface area contributed by atoms with Crippen LogP contribution in [0.25, 0.3) is 0 Å². The largest absolute Gasteiger partial charge is 0.378 e. The van der Waals surface area contributed by atoms with Gasteiger partial charge in [-0.15, -0.1) is 5.10 Å². The number of nitrogens with zero attached hydrogens (tertiary/aromatic N) is 7. The zero-order valence-corrected chi connectivity index (χ0v) is 16.8. The number of piperazine rings is 1. The molecular weight excluding hydrogens is 338 g/mol. The molecule has 4 rings (SSSR count). The van der Waals surface area contributed by atoms with Crippen LogP contribution in [-0.2, 0) is 0 Å². The summed E-state index contributed by atoms with van der Waals surface area (Å²) in [7, 11) is 6.35. The average molecular weight is 370 g/mol. The standard InChI is InChI=1S/C20H31N7/c1-24(2)17-10-8-16(9-11-17)19(26-14-12-25(3)13-15-26)20-21-22-23-27(20)18-6-4-5-7-18/h8-11,18-19H,4-7,12-15H2,1-3H3. The smallest absolute Gasteiger partial charge is 0.173 e. The second-order valence-electron chi connectivity index (χ2n) is 8.15. The van der Waals surface area contributed by atoms with Gasteiger partial charge in [-0.1, -0.05) is 25.0 Å². The maximum Gasteiger partial charge on any atom is 0.173 e. The van der Waals surface area contributed by atoms with Crippen molar-refractivity contribution < 1.29 is 0 Å². The van der Waals surface area contributed by atoms with E-state index in [1.807, 2.05) is 0 Å². The number of likely N-dealkylation sites (N-methyl/N-ethyl adjacent to an activating group) is 1. The number of hydrogen-bond acceptors (Lipinski definition) is 6.